The molecule has 0 aliphatic carbocycles. The van der Waals surface area contributed by atoms with E-state index < -0.39 is 35.1 Å². The number of para-hydroxylation sites is 2. The van der Waals surface area contributed by atoms with Crippen molar-refractivity contribution in [1.29, 1.82) is 0 Å². The third-order valence-electron chi connectivity index (χ3n) is 3.48. The van der Waals surface area contributed by atoms with Crippen LogP contribution in [0.1, 0.15) is 12.5 Å². The Balaban J connectivity index is 1.78. The molecule has 0 unspecified atom stereocenters. The van der Waals surface area contributed by atoms with Gasteiger partial charge in [-0.15, -0.1) is 0 Å². The fourth-order valence-corrected chi connectivity index (χ4v) is 2.93. The number of benzene rings is 2. The minimum atomic E-state index is -3.82. The van der Waals surface area contributed by atoms with E-state index in [0.29, 0.717) is 23.6 Å². The second kappa shape index (κ2) is 11.0. The van der Waals surface area contributed by atoms with E-state index in [2.05, 4.69) is 10.0 Å². The molecule has 2 rings (SSSR count). The van der Waals surface area contributed by atoms with Gasteiger partial charge in [-0.1, -0.05) is 42.5 Å². The van der Waals surface area contributed by atoms with Crippen LogP contribution >= 0.6 is 0 Å². The molecule has 154 valence electrons. The highest BCUT2D eigenvalue weighted by Crippen LogP contribution is 2.23. The predicted octanol–water partition coefficient (Wildman–Crippen LogP) is 2.16. The molecule has 0 bridgehead atoms. The van der Waals surface area contributed by atoms with Gasteiger partial charge in [0, 0.05) is 5.41 Å². The highest BCUT2D eigenvalue weighted by molar-refractivity contribution is 7.92. The lowest BCUT2D eigenvalue weighted by molar-refractivity contribution is -0.146. The van der Waals surface area contributed by atoms with E-state index in [9.17, 15) is 18.0 Å². The minimum absolute atomic E-state index is 0.431. The first kappa shape index (κ1) is 22.1. The largest absolute Gasteiger partial charge is 0.492 e. The summed E-state index contributed by atoms with van der Waals surface area (Å²) in [7, 11) is -3.82. The lowest BCUT2D eigenvalue weighted by atomic mass is 10.2. The van der Waals surface area contributed by atoms with Gasteiger partial charge in [0.25, 0.3) is 5.91 Å². The number of carbonyl (C=O) groups excluding carboxylic acids is 2. The van der Waals surface area contributed by atoms with Crippen molar-refractivity contribution in [2.24, 2.45) is 0 Å². The Morgan fingerprint density at radius 1 is 1.03 bits per heavy atom. The van der Waals surface area contributed by atoms with Gasteiger partial charge in [0.2, 0.25) is 10.0 Å². The van der Waals surface area contributed by atoms with E-state index in [1.54, 1.807) is 48.5 Å². The molecular weight excluding hydrogens is 396 g/mol. The fraction of sp³-hybridized carbons (Fsp3) is 0.200. The summed E-state index contributed by atoms with van der Waals surface area (Å²) in [5, 5.41) is 3.52. The zero-order chi connectivity index (χ0) is 21.1. The number of rotatable bonds is 10. The van der Waals surface area contributed by atoms with Crippen LogP contribution in [-0.4, -0.2) is 40.1 Å². The molecule has 0 saturated heterocycles. The predicted molar refractivity (Wildman–Crippen MR) is 110 cm³/mol. The van der Waals surface area contributed by atoms with E-state index in [1.807, 2.05) is 13.0 Å². The first-order chi connectivity index (χ1) is 13.9. The Hall–Kier alpha value is -3.17. The first-order valence-corrected chi connectivity index (χ1v) is 10.3. The normalized spacial score (nSPS) is 11.2. The highest BCUT2D eigenvalue weighted by atomic mass is 32.2. The van der Waals surface area contributed by atoms with Gasteiger partial charge in [0.05, 0.1) is 12.3 Å². The number of hydrogen-bond donors (Lipinski definition) is 2. The number of ether oxygens (including phenoxy) is 2. The molecule has 2 aromatic rings. The summed E-state index contributed by atoms with van der Waals surface area (Å²) in [4.78, 5) is 23.7. The monoisotopic (exact) mass is 418 g/mol. The van der Waals surface area contributed by atoms with E-state index in [1.165, 1.54) is 6.08 Å². The number of nitrogens with one attached hydrogen (secondary N) is 2. The summed E-state index contributed by atoms with van der Waals surface area (Å²) in [6.07, 6.45) is 1.40. The topological polar surface area (TPSA) is 111 Å². The standard InChI is InChI=1S/C20H22N2O6S/c1-2-27-18-11-7-6-10-17(18)22-19(23)15-28-20(24)14-21-29(25,26)13-12-16-8-4-3-5-9-16/h3-13,21H,2,14-15H2,1H3,(H,22,23)/b13-12+. The van der Waals surface area contributed by atoms with Crippen LogP contribution in [-0.2, 0) is 24.3 Å². The van der Waals surface area contributed by atoms with Crippen molar-refractivity contribution in [3.05, 3.63) is 65.6 Å². The average molecular weight is 418 g/mol. The second-order valence-corrected chi connectivity index (χ2v) is 7.37. The molecule has 8 nitrogen and oxygen atoms in total. The maximum atomic E-state index is 11.9. The van der Waals surface area contributed by atoms with Crippen LogP contribution in [0.25, 0.3) is 6.08 Å². The Morgan fingerprint density at radius 3 is 2.45 bits per heavy atom. The van der Waals surface area contributed by atoms with Gasteiger partial charge in [-0.3, -0.25) is 9.59 Å². The number of hydrogen-bond acceptors (Lipinski definition) is 6. The molecule has 0 radical (unpaired) electrons. The number of carbonyl (C=O) groups is 2. The second-order valence-electron chi connectivity index (χ2n) is 5.72. The summed E-state index contributed by atoms with van der Waals surface area (Å²) in [6.45, 7) is 1.10. The third-order valence-corrected chi connectivity index (χ3v) is 4.52. The molecule has 29 heavy (non-hydrogen) atoms. The molecule has 0 aliphatic rings. The van der Waals surface area contributed by atoms with Crippen LogP contribution in [0.5, 0.6) is 5.75 Å². The van der Waals surface area contributed by atoms with Crippen molar-refractivity contribution in [1.82, 2.24) is 4.72 Å². The average Bonchev–Trinajstić information content (AvgIpc) is 2.72. The lowest BCUT2D eigenvalue weighted by Gasteiger charge is -2.11. The first-order valence-electron chi connectivity index (χ1n) is 8.79. The lowest BCUT2D eigenvalue weighted by Crippen LogP contribution is -2.31. The molecule has 0 heterocycles. The SMILES string of the molecule is CCOc1ccccc1NC(=O)COC(=O)CNS(=O)(=O)/C=C/c1ccccc1. The quantitative estimate of drug-likeness (QED) is 0.572. The molecule has 0 fully saturated rings. The van der Waals surface area contributed by atoms with Crippen LogP contribution in [0.2, 0.25) is 0 Å². The number of sulfonamides is 1. The van der Waals surface area contributed by atoms with Crippen molar-refractivity contribution in [2.75, 3.05) is 25.1 Å². The maximum Gasteiger partial charge on any atom is 0.321 e. The van der Waals surface area contributed by atoms with E-state index in [4.69, 9.17) is 9.47 Å². The van der Waals surface area contributed by atoms with Gasteiger partial charge in [0.15, 0.2) is 6.61 Å². The summed E-state index contributed by atoms with van der Waals surface area (Å²) in [5.74, 6) is -0.958. The van der Waals surface area contributed by atoms with Crippen molar-refractivity contribution >= 4 is 33.7 Å². The van der Waals surface area contributed by atoms with Crippen molar-refractivity contribution < 1.29 is 27.5 Å². The van der Waals surface area contributed by atoms with Crippen LogP contribution in [0.15, 0.2) is 60.0 Å². The molecule has 0 aromatic heterocycles. The highest BCUT2D eigenvalue weighted by Gasteiger charge is 2.13. The molecule has 0 saturated carbocycles. The third kappa shape index (κ3) is 8.16. The smallest absolute Gasteiger partial charge is 0.321 e. The fourth-order valence-electron chi connectivity index (χ4n) is 2.17. The van der Waals surface area contributed by atoms with Gasteiger partial charge in [0.1, 0.15) is 12.3 Å². The van der Waals surface area contributed by atoms with E-state index in [-0.39, 0.29) is 0 Å². The maximum absolute atomic E-state index is 11.9. The van der Waals surface area contributed by atoms with E-state index >= 15 is 0 Å². The zero-order valence-electron chi connectivity index (χ0n) is 15.8. The molecule has 2 N–H and O–H groups in total. The van der Waals surface area contributed by atoms with Crippen molar-refractivity contribution in [3.8, 4) is 5.75 Å². The Kier molecular flexibility index (Phi) is 8.38. The molecular formula is C20H22N2O6S. The zero-order valence-corrected chi connectivity index (χ0v) is 16.6. The van der Waals surface area contributed by atoms with E-state index in [0.717, 1.165) is 5.41 Å². The van der Waals surface area contributed by atoms with Gasteiger partial charge < -0.3 is 14.8 Å². The van der Waals surface area contributed by atoms with Crippen LogP contribution < -0.4 is 14.8 Å². The number of amides is 1. The molecule has 2 aromatic carbocycles. The molecule has 9 heteroatoms. The van der Waals surface area contributed by atoms with Gasteiger partial charge in [-0.05, 0) is 30.7 Å². The summed E-state index contributed by atoms with van der Waals surface area (Å²) in [5.41, 5.74) is 1.15. The minimum Gasteiger partial charge on any atom is -0.492 e. The number of anilines is 1. The summed E-state index contributed by atoms with van der Waals surface area (Å²) < 4.78 is 36.0. The van der Waals surface area contributed by atoms with Gasteiger partial charge >= 0.3 is 5.97 Å². The van der Waals surface area contributed by atoms with Crippen molar-refractivity contribution in [3.63, 3.8) is 0 Å². The molecule has 0 atom stereocenters. The Bertz CT molecular complexity index is 958. The molecule has 0 aliphatic heterocycles. The molecule has 0 spiro atoms. The van der Waals surface area contributed by atoms with Crippen LogP contribution in [0, 0.1) is 0 Å². The Labute approximate surface area is 169 Å². The Morgan fingerprint density at radius 2 is 1.72 bits per heavy atom. The molecule has 1 amide bonds. The van der Waals surface area contributed by atoms with Crippen LogP contribution in [0.4, 0.5) is 5.69 Å². The summed E-state index contributed by atoms with van der Waals surface area (Å²) >= 11 is 0. The van der Waals surface area contributed by atoms with Crippen molar-refractivity contribution in [2.45, 2.75) is 6.92 Å². The van der Waals surface area contributed by atoms with Gasteiger partial charge in [-0.2, -0.15) is 0 Å². The summed E-state index contributed by atoms with van der Waals surface area (Å²) in [6, 6.07) is 15.7. The number of esters is 1. The van der Waals surface area contributed by atoms with Gasteiger partial charge in [-0.25, -0.2) is 13.1 Å². The van der Waals surface area contributed by atoms with Crippen LogP contribution in [0.3, 0.4) is 0 Å².